The van der Waals surface area contributed by atoms with Crippen LogP contribution >= 0.6 is 0 Å². The van der Waals surface area contributed by atoms with Crippen LogP contribution in [-0.2, 0) is 9.53 Å². The molecule has 1 aromatic carbocycles. The molecule has 1 aliphatic heterocycles. The molecule has 2 aliphatic rings. The highest BCUT2D eigenvalue weighted by Crippen LogP contribution is 2.40. The molecule has 1 N–H and O–H groups in total. The molecule has 37 heavy (non-hydrogen) atoms. The van der Waals surface area contributed by atoms with Gasteiger partial charge in [0.25, 0.3) is 5.91 Å². The number of rotatable bonds is 7. The van der Waals surface area contributed by atoms with Crippen molar-refractivity contribution in [1.82, 2.24) is 9.97 Å². The van der Waals surface area contributed by atoms with Gasteiger partial charge in [0.15, 0.2) is 5.82 Å². The highest BCUT2D eigenvalue weighted by Gasteiger charge is 2.48. The fraction of sp³-hybridized carbons (Fsp3) is 0.520. The maximum atomic E-state index is 14.8. The monoisotopic (exact) mass is 521 g/mol. The number of alkyl halides is 2. The van der Waals surface area contributed by atoms with Gasteiger partial charge in [-0.05, 0) is 32.3 Å². The molecular weight excluding hydrogens is 491 g/mol. The Kier molecular flexibility index (Phi) is 7.47. The van der Waals surface area contributed by atoms with E-state index in [1.54, 1.807) is 0 Å². The maximum absolute atomic E-state index is 14.8. The summed E-state index contributed by atoms with van der Waals surface area (Å²) >= 11 is 0. The number of amides is 1. The van der Waals surface area contributed by atoms with Crippen molar-refractivity contribution in [3.63, 3.8) is 0 Å². The fourth-order valence-electron chi connectivity index (χ4n) is 4.54. The molecule has 0 radical (unpaired) electrons. The molecule has 2 aromatic rings. The molecule has 9 nitrogen and oxygen atoms in total. The molecule has 0 saturated heterocycles. The third kappa shape index (κ3) is 5.28. The molecule has 200 valence electrons. The van der Waals surface area contributed by atoms with E-state index in [-0.39, 0.29) is 46.6 Å². The summed E-state index contributed by atoms with van der Waals surface area (Å²) in [6.07, 6.45) is 4.86. The summed E-state index contributed by atoms with van der Waals surface area (Å²) in [5, 5.41) is 2.90. The first-order valence-corrected chi connectivity index (χ1v) is 12.2. The van der Waals surface area contributed by atoms with Crippen LogP contribution in [0, 0.1) is 5.82 Å². The quantitative estimate of drug-likeness (QED) is 0.525. The Labute approximate surface area is 213 Å². The first-order chi connectivity index (χ1) is 17.6. The molecule has 0 bridgehead atoms. The second kappa shape index (κ2) is 10.4. The smallest absolute Gasteiger partial charge is 0.342 e. The Morgan fingerprint density at radius 3 is 2.65 bits per heavy atom. The first kappa shape index (κ1) is 26.5. The average Bonchev–Trinajstić information content (AvgIpc) is 3.40. The Bertz CT molecular complexity index is 1190. The predicted molar refractivity (Wildman–Crippen MR) is 131 cm³/mol. The number of carbonyl (C=O) groups excluding carboxylic acids is 2. The lowest BCUT2D eigenvalue weighted by molar-refractivity contribution is -0.140. The summed E-state index contributed by atoms with van der Waals surface area (Å²) in [6, 6.07) is 2.10. The molecule has 1 atom stereocenters. The van der Waals surface area contributed by atoms with Crippen molar-refractivity contribution in [1.29, 1.82) is 0 Å². The summed E-state index contributed by atoms with van der Waals surface area (Å²) in [4.78, 5) is 35.5. The molecule has 12 heteroatoms. The van der Waals surface area contributed by atoms with Crippen LogP contribution in [0.1, 0.15) is 56.3 Å². The molecule has 1 saturated carbocycles. The van der Waals surface area contributed by atoms with Gasteiger partial charge in [0.1, 0.15) is 17.3 Å². The van der Waals surface area contributed by atoms with E-state index in [1.165, 1.54) is 24.2 Å². The number of hydrogen-bond acceptors (Lipinski definition) is 8. The summed E-state index contributed by atoms with van der Waals surface area (Å²) in [5.74, 6) is -6.29. The van der Waals surface area contributed by atoms with E-state index < -0.39 is 30.2 Å². The van der Waals surface area contributed by atoms with E-state index in [2.05, 4.69) is 20.0 Å². The van der Waals surface area contributed by atoms with Gasteiger partial charge < -0.3 is 24.6 Å². The zero-order valence-electron chi connectivity index (χ0n) is 21.2. The molecular formula is C25H30F3N5O4. The zero-order chi connectivity index (χ0) is 26.9. The second-order valence-corrected chi connectivity index (χ2v) is 9.32. The number of fused-ring (bicyclic) bond motifs is 1. The lowest BCUT2D eigenvalue weighted by Gasteiger charge is -2.31. The summed E-state index contributed by atoms with van der Waals surface area (Å²) in [7, 11) is 2.41. The molecule has 1 fully saturated rings. The Morgan fingerprint density at radius 1 is 1.30 bits per heavy atom. The number of ether oxygens (including phenoxy) is 2. The lowest BCUT2D eigenvalue weighted by Crippen LogP contribution is -2.48. The van der Waals surface area contributed by atoms with E-state index in [9.17, 15) is 22.8 Å². The SMILES string of the molecule is CCC(C)Oc1cc(C(=O)OC)c(F)cc1Nc1ncc2c(n1)N(C1CCCC1)CC(F)(F)C(=O)N2C. The summed E-state index contributed by atoms with van der Waals surface area (Å²) in [5.41, 5.74) is -0.00639. The van der Waals surface area contributed by atoms with Crippen LogP contribution in [0.15, 0.2) is 18.3 Å². The molecule has 1 unspecified atom stereocenters. The predicted octanol–water partition coefficient (Wildman–Crippen LogP) is 4.68. The average molecular weight is 522 g/mol. The summed E-state index contributed by atoms with van der Waals surface area (Å²) in [6.45, 7) is 2.93. The number of anilines is 4. The van der Waals surface area contributed by atoms with Crippen LogP contribution in [-0.4, -0.2) is 60.6 Å². The normalized spacial score (nSPS) is 18.3. The van der Waals surface area contributed by atoms with Gasteiger partial charge in [0.05, 0.1) is 37.2 Å². The summed E-state index contributed by atoms with van der Waals surface area (Å²) < 4.78 is 55.0. The van der Waals surface area contributed by atoms with Crippen LogP contribution in [0.5, 0.6) is 5.75 Å². The van der Waals surface area contributed by atoms with Gasteiger partial charge in [0, 0.05) is 19.2 Å². The zero-order valence-corrected chi connectivity index (χ0v) is 21.2. The van der Waals surface area contributed by atoms with Crippen molar-refractivity contribution in [2.75, 3.05) is 35.8 Å². The number of halogens is 3. The van der Waals surface area contributed by atoms with Gasteiger partial charge in [-0.1, -0.05) is 19.8 Å². The number of nitrogens with one attached hydrogen (secondary N) is 1. The van der Waals surface area contributed by atoms with Gasteiger partial charge in [-0.25, -0.2) is 14.2 Å². The third-order valence-electron chi connectivity index (χ3n) is 6.76. The lowest BCUT2D eigenvalue weighted by atomic mass is 10.1. The molecule has 1 aromatic heterocycles. The molecule has 1 amide bonds. The number of methoxy groups -OCH3 is 1. The number of esters is 1. The number of carbonyl (C=O) groups is 2. The Balaban J connectivity index is 1.76. The van der Waals surface area contributed by atoms with Crippen LogP contribution in [0.3, 0.4) is 0 Å². The Morgan fingerprint density at radius 2 is 2.00 bits per heavy atom. The van der Waals surface area contributed by atoms with E-state index in [4.69, 9.17) is 4.74 Å². The third-order valence-corrected chi connectivity index (χ3v) is 6.76. The van der Waals surface area contributed by atoms with Gasteiger partial charge >= 0.3 is 11.9 Å². The minimum atomic E-state index is -3.60. The van der Waals surface area contributed by atoms with Gasteiger partial charge in [-0.2, -0.15) is 13.8 Å². The minimum Gasteiger partial charge on any atom is -0.489 e. The number of benzene rings is 1. The Hall–Kier alpha value is -3.57. The maximum Gasteiger partial charge on any atom is 0.342 e. The largest absolute Gasteiger partial charge is 0.489 e. The molecule has 2 heterocycles. The van der Waals surface area contributed by atoms with Crippen LogP contribution in [0.25, 0.3) is 0 Å². The van der Waals surface area contributed by atoms with Crippen molar-refractivity contribution >= 4 is 35.0 Å². The van der Waals surface area contributed by atoms with Gasteiger partial charge in [-0.3, -0.25) is 4.79 Å². The number of nitrogens with zero attached hydrogens (tertiary/aromatic N) is 4. The van der Waals surface area contributed by atoms with Crippen molar-refractivity contribution < 1.29 is 32.2 Å². The van der Waals surface area contributed by atoms with Crippen LogP contribution in [0.2, 0.25) is 0 Å². The minimum absolute atomic E-state index is 0.00738. The van der Waals surface area contributed by atoms with E-state index in [1.807, 2.05) is 13.8 Å². The first-order valence-electron chi connectivity index (χ1n) is 12.2. The van der Waals surface area contributed by atoms with Crippen molar-refractivity contribution in [3.8, 4) is 5.75 Å². The molecule has 4 rings (SSSR count). The number of aromatic nitrogens is 2. The van der Waals surface area contributed by atoms with E-state index >= 15 is 0 Å². The highest BCUT2D eigenvalue weighted by atomic mass is 19.3. The highest BCUT2D eigenvalue weighted by molar-refractivity contribution is 6.02. The fourth-order valence-corrected chi connectivity index (χ4v) is 4.54. The van der Waals surface area contributed by atoms with E-state index in [0.717, 1.165) is 30.9 Å². The topological polar surface area (TPSA) is 96.9 Å². The van der Waals surface area contributed by atoms with Crippen molar-refractivity contribution in [2.45, 2.75) is 64.0 Å². The van der Waals surface area contributed by atoms with Crippen LogP contribution < -0.4 is 19.9 Å². The second-order valence-electron chi connectivity index (χ2n) is 9.32. The van der Waals surface area contributed by atoms with Crippen molar-refractivity contribution in [2.24, 2.45) is 0 Å². The van der Waals surface area contributed by atoms with Gasteiger partial charge in [-0.15, -0.1) is 0 Å². The van der Waals surface area contributed by atoms with E-state index in [0.29, 0.717) is 19.3 Å². The molecule has 1 aliphatic carbocycles. The van der Waals surface area contributed by atoms with Gasteiger partial charge in [0.2, 0.25) is 5.95 Å². The van der Waals surface area contributed by atoms with Crippen LogP contribution in [0.4, 0.5) is 36.3 Å². The number of hydrogen-bond donors (Lipinski definition) is 1. The van der Waals surface area contributed by atoms with Crippen molar-refractivity contribution in [3.05, 3.63) is 29.7 Å². The standard InChI is InChI=1S/C25H30F3N5O4/c1-5-14(2)37-20-10-16(22(34)36-4)17(26)11-18(20)30-24-29-12-19-21(31-24)33(15-8-6-7-9-15)13-25(27,28)23(35)32(19)3/h10-12,14-15H,5-9,13H2,1-4H3,(H,29,30,31). The molecule has 0 spiro atoms.